The van der Waals surface area contributed by atoms with Crippen molar-refractivity contribution in [2.24, 2.45) is 5.10 Å². The van der Waals surface area contributed by atoms with Crippen molar-refractivity contribution < 1.29 is 14.3 Å². The van der Waals surface area contributed by atoms with Crippen LogP contribution < -0.4 is 15.0 Å². The minimum absolute atomic E-state index is 0.223. The number of fused-ring (bicyclic) bond motifs is 1. The monoisotopic (exact) mass is 414 g/mol. The zero-order chi connectivity index (χ0) is 21.8. The Morgan fingerprint density at radius 2 is 1.65 bits per heavy atom. The van der Waals surface area contributed by atoms with Crippen LogP contribution in [-0.4, -0.2) is 43.4 Å². The Balaban J connectivity index is 1.65. The van der Waals surface area contributed by atoms with E-state index in [1.807, 2.05) is 54.6 Å². The van der Waals surface area contributed by atoms with E-state index in [9.17, 15) is 9.59 Å². The zero-order valence-corrected chi connectivity index (χ0v) is 17.3. The molecule has 4 rings (SSSR count). The van der Waals surface area contributed by atoms with Gasteiger partial charge in [0.15, 0.2) is 0 Å². The van der Waals surface area contributed by atoms with Crippen LogP contribution in [0.25, 0.3) is 0 Å². The largest absolute Gasteiger partial charge is 0.497 e. The molecule has 7 heteroatoms. The van der Waals surface area contributed by atoms with Crippen LogP contribution in [0.3, 0.4) is 0 Å². The number of hydrazone groups is 1. The van der Waals surface area contributed by atoms with E-state index in [1.165, 1.54) is 9.91 Å². The number of rotatable bonds is 5. The van der Waals surface area contributed by atoms with Gasteiger partial charge in [0, 0.05) is 23.9 Å². The average molecular weight is 414 g/mol. The van der Waals surface area contributed by atoms with Gasteiger partial charge in [0.1, 0.15) is 18.0 Å². The Morgan fingerprint density at radius 1 is 0.968 bits per heavy atom. The van der Waals surface area contributed by atoms with Gasteiger partial charge in [-0.25, -0.2) is 9.80 Å². The maximum absolute atomic E-state index is 13.1. The van der Waals surface area contributed by atoms with E-state index >= 15 is 0 Å². The minimum atomic E-state index is -0.386. The molecule has 1 N–H and O–H groups in total. The third-order valence-corrected chi connectivity index (χ3v) is 4.96. The molecule has 31 heavy (non-hydrogen) atoms. The number of ether oxygens (including phenoxy) is 1. The molecule has 0 aliphatic carbocycles. The molecule has 0 radical (unpaired) electrons. The summed E-state index contributed by atoms with van der Waals surface area (Å²) in [5.41, 5.74) is 3.65. The first-order valence-electron chi connectivity index (χ1n) is 9.79. The van der Waals surface area contributed by atoms with E-state index < -0.39 is 0 Å². The van der Waals surface area contributed by atoms with Crippen LogP contribution in [0.4, 0.5) is 16.2 Å². The standard InChI is InChI=1S/C24H22N4O3/c1-27-21-11-7-6-10-20(21)23(17-8-4-3-5-9-17)26-28(24(27)30)16-22(29)25-18-12-14-19(31-2)15-13-18/h3-15H,16H2,1-2H3,(H,25,29). The van der Waals surface area contributed by atoms with E-state index in [1.54, 1.807) is 38.4 Å². The molecule has 1 aliphatic rings. The van der Waals surface area contributed by atoms with Gasteiger partial charge in [-0.2, -0.15) is 5.10 Å². The zero-order valence-electron chi connectivity index (χ0n) is 17.3. The maximum Gasteiger partial charge on any atom is 0.345 e. The smallest absolute Gasteiger partial charge is 0.345 e. The fourth-order valence-corrected chi connectivity index (χ4v) is 3.38. The summed E-state index contributed by atoms with van der Waals surface area (Å²) in [6.45, 7) is -0.223. The quantitative estimate of drug-likeness (QED) is 0.687. The molecule has 3 aromatic rings. The third-order valence-electron chi connectivity index (χ3n) is 4.96. The van der Waals surface area contributed by atoms with Gasteiger partial charge in [0.2, 0.25) is 5.91 Å². The number of urea groups is 1. The lowest BCUT2D eigenvalue weighted by atomic mass is 10.0. The second-order valence-electron chi connectivity index (χ2n) is 7.01. The second kappa shape index (κ2) is 8.71. The first-order valence-corrected chi connectivity index (χ1v) is 9.79. The maximum atomic E-state index is 13.1. The fourth-order valence-electron chi connectivity index (χ4n) is 3.38. The molecule has 1 aliphatic heterocycles. The third kappa shape index (κ3) is 4.25. The number of hydrogen-bond acceptors (Lipinski definition) is 4. The number of anilines is 2. The molecule has 0 atom stereocenters. The van der Waals surface area contributed by atoms with Crippen molar-refractivity contribution >= 4 is 29.0 Å². The van der Waals surface area contributed by atoms with E-state index in [0.29, 0.717) is 17.1 Å². The van der Waals surface area contributed by atoms with Crippen molar-refractivity contribution in [1.82, 2.24) is 5.01 Å². The summed E-state index contributed by atoms with van der Waals surface area (Å²) < 4.78 is 5.13. The van der Waals surface area contributed by atoms with Crippen LogP contribution in [0, 0.1) is 0 Å². The number of carbonyl (C=O) groups is 2. The molecule has 0 fully saturated rings. The van der Waals surface area contributed by atoms with Gasteiger partial charge in [-0.3, -0.25) is 9.69 Å². The van der Waals surface area contributed by atoms with Gasteiger partial charge in [-0.05, 0) is 30.3 Å². The molecule has 0 unspecified atom stereocenters. The van der Waals surface area contributed by atoms with Crippen molar-refractivity contribution in [2.75, 3.05) is 30.9 Å². The van der Waals surface area contributed by atoms with Gasteiger partial charge in [-0.1, -0.05) is 48.5 Å². The van der Waals surface area contributed by atoms with E-state index in [2.05, 4.69) is 10.4 Å². The second-order valence-corrected chi connectivity index (χ2v) is 7.01. The molecule has 0 spiro atoms. The van der Waals surface area contributed by atoms with Crippen molar-refractivity contribution in [1.29, 1.82) is 0 Å². The highest BCUT2D eigenvalue weighted by atomic mass is 16.5. The van der Waals surface area contributed by atoms with Gasteiger partial charge < -0.3 is 10.1 Å². The van der Waals surface area contributed by atoms with Crippen molar-refractivity contribution in [3.05, 3.63) is 90.0 Å². The molecule has 0 aromatic heterocycles. The first kappa shape index (κ1) is 20.2. The number of carbonyl (C=O) groups excluding carboxylic acids is 2. The SMILES string of the molecule is COc1ccc(NC(=O)CN2N=C(c3ccccc3)c3ccccc3N(C)C2=O)cc1. The van der Waals surface area contributed by atoms with Crippen molar-refractivity contribution in [2.45, 2.75) is 0 Å². The summed E-state index contributed by atoms with van der Waals surface area (Å²) in [6, 6.07) is 23.8. The van der Waals surface area contributed by atoms with Crippen LogP contribution in [0.2, 0.25) is 0 Å². The Labute approximate surface area is 180 Å². The van der Waals surface area contributed by atoms with Crippen LogP contribution in [0.15, 0.2) is 84.0 Å². The number of amides is 3. The van der Waals surface area contributed by atoms with Crippen LogP contribution in [0.5, 0.6) is 5.75 Å². The number of methoxy groups -OCH3 is 1. The Bertz CT molecular complexity index is 1130. The minimum Gasteiger partial charge on any atom is -0.497 e. The predicted molar refractivity (Wildman–Crippen MR) is 121 cm³/mol. The summed E-state index contributed by atoms with van der Waals surface area (Å²) in [6.07, 6.45) is 0. The lowest BCUT2D eigenvalue weighted by molar-refractivity contribution is -0.116. The highest BCUT2D eigenvalue weighted by Gasteiger charge is 2.29. The molecular formula is C24H22N4O3. The number of nitrogens with zero attached hydrogens (tertiary/aromatic N) is 3. The Morgan fingerprint density at radius 3 is 2.35 bits per heavy atom. The molecule has 3 aromatic carbocycles. The molecule has 7 nitrogen and oxygen atoms in total. The lowest BCUT2D eigenvalue weighted by Crippen LogP contribution is -2.41. The highest BCUT2D eigenvalue weighted by molar-refractivity contribution is 6.19. The first-order chi connectivity index (χ1) is 15.1. The van der Waals surface area contributed by atoms with Gasteiger partial charge in [-0.15, -0.1) is 0 Å². The van der Waals surface area contributed by atoms with Crippen LogP contribution in [0.1, 0.15) is 11.1 Å². The van der Waals surface area contributed by atoms with Crippen LogP contribution >= 0.6 is 0 Å². The number of hydrogen-bond donors (Lipinski definition) is 1. The summed E-state index contributed by atoms with van der Waals surface area (Å²) in [4.78, 5) is 27.3. The number of para-hydroxylation sites is 1. The molecule has 3 amide bonds. The molecule has 0 bridgehead atoms. The number of benzene rings is 3. The van der Waals surface area contributed by atoms with Crippen molar-refractivity contribution in [3.8, 4) is 5.75 Å². The van der Waals surface area contributed by atoms with E-state index in [-0.39, 0.29) is 18.5 Å². The number of nitrogens with one attached hydrogen (secondary N) is 1. The molecule has 0 saturated heterocycles. The summed E-state index contributed by atoms with van der Waals surface area (Å²) in [7, 11) is 3.26. The normalized spacial score (nSPS) is 13.2. The van der Waals surface area contributed by atoms with E-state index in [4.69, 9.17) is 4.74 Å². The molecule has 1 heterocycles. The highest BCUT2D eigenvalue weighted by Crippen LogP contribution is 2.27. The van der Waals surface area contributed by atoms with E-state index in [0.717, 1.165) is 16.8 Å². The summed E-state index contributed by atoms with van der Waals surface area (Å²) in [5.74, 6) is 0.339. The van der Waals surface area contributed by atoms with Gasteiger partial charge in [0.05, 0.1) is 12.8 Å². The average Bonchev–Trinajstić information content (AvgIpc) is 2.91. The fraction of sp³-hybridized carbons (Fsp3) is 0.125. The summed E-state index contributed by atoms with van der Waals surface area (Å²) in [5, 5.41) is 8.60. The van der Waals surface area contributed by atoms with Crippen molar-refractivity contribution in [3.63, 3.8) is 0 Å². The summed E-state index contributed by atoms with van der Waals surface area (Å²) >= 11 is 0. The Hall–Kier alpha value is -4.13. The lowest BCUT2D eigenvalue weighted by Gasteiger charge is -2.22. The Kier molecular flexibility index (Phi) is 5.66. The predicted octanol–water partition coefficient (Wildman–Crippen LogP) is 3.96. The molecule has 0 saturated carbocycles. The molecule has 156 valence electrons. The van der Waals surface area contributed by atoms with Gasteiger partial charge >= 0.3 is 6.03 Å². The van der Waals surface area contributed by atoms with Gasteiger partial charge in [0.25, 0.3) is 0 Å². The van der Waals surface area contributed by atoms with Crippen LogP contribution in [-0.2, 0) is 4.79 Å². The molecular weight excluding hydrogens is 392 g/mol. The topological polar surface area (TPSA) is 74.2 Å².